The van der Waals surface area contributed by atoms with Crippen molar-refractivity contribution in [2.45, 2.75) is 136 Å². The van der Waals surface area contributed by atoms with Crippen molar-refractivity contribution in [3.63, 3.8) is 0 Å². The van der Waals surface area contributed by atoms with Crippen LogP contribution in [0.4, 0.5) is 4.39 Å². The summed E-state index contributed by atoms with van der Waals surface area (Å²) >= 11 is 0. The molecule has 14 nitrogen and oxygen atoms in total. The zero-order chi connectivity index (χ0) is 52.6. The van der Waals surface area contributed by atoms with E-state index in [-0.39, 0.29) is 42.0 Å². The molecule has 1 aliphatic carbocycles. The molecule has 3 amide bonds. The minimum absolute atomic E-state index is 0.0486. The number of aromatic amines is 1. The Morgan fingerprint density at radius 2 is 1.68 bits per heavy atom. The number of nitrogens with one attached hydrogen (secondary N) is 4. The molecule has 75 heavy (non-hydrogen) atoms. The van der Waals surface area contributed by atoms with Gasteiger partial charge in [-0.2, -0.15) is 5.10 Å². The zero-order valence-corrected chi connectivity index (χ0v) is 43.8. The van der Waals surface area contributed by atoms with Crippen molar-refractivity contribution in [1.29, 1.82) is 0 Å². The Labute approximate surface area is 438 Å². The highest BCUT2D eigenvalue weighted by atomic mass is 19.1. The molecular weight excluding hydrogens is 946 g/mol. The van der Waals surface area contributed by atoms with Crippen LogP contribution >= 0.6 is 0 Å². The van der Waals surface area contributed by atoms with E-state index in [1.165, 1.54) is 16.3 Å². The predicted molar refractivity (Wildman–Crippen MR) is 289 cm³/mol. The first-order valence-electron chi connectivity index (χ1n) is 26.6. The van der Waals surface area contributed by atoms with Crippen molar-refractivity contribution >= 4 is 34.7 Å². The molecule has 0 spiro atoms. The van der Waals surface area contributed by atoms with Gasteiger partial charge in [-0.3, -0.25) is 19.2 Å². The average Bonchev–Trinajstić information content (AvgIpc) is 4.20. The molecular formula is C60H70FN9O5. The molecule has 5 heterocycles. The summed E-state index contributed by atoms with van der Waals surface area (Å²) in [6.45, 7) is 8.85. The first-order valence-corrected chi connectivity index (χ1v) is 26.6. The highest BCUT2D eigenvalue weighted by Gasteiger charge is 2.43. The molecule has 0 radical (unpaired) electrons. The number of aromatic nitrogens is 5. The Balaban J connectivity index is 0.744. The third-order valence-corrected chi connectivity index (χ3v) is 14.9. The maximum Gasteiger partial charge on any atom is 0.246 e. The molecule has 4 aromatic heterocycles. The van der Waals surface area contributed by atoms with E-state index in [9.17, 15) is 23.6 Å². The van der Waals surface area contributed by atoms with Crippen LogP contribution in [-0.4, -0.2) is 84.6 Å². The average molecular weight is 1020 g/mol. The monoisotopic (exact) mass is 1020 g/mol. The molecule has 3 aromatic carbocycles. The number of hydrogen-bond donors (Lipinski definition) is 4. The van der Waals surface area contributed by atoms with E-state index in [4.69, 9.17) is 4.74 Å². The lowest BCUT2D eigenvalue weighted by Gasteiger charge is -2.41. The minimum Gasteiger partial charge on any atom is -0.494 e. The van der Waals surface area contributed by atoms with Gasteiger partial charge in [-0.1, -0.05) is 88.9 Å². The number of unbranched alkanes of at least 4 members (excludes halogenated alkanes) is 5. The molecule has 392 valence electrons. The van der Waals surface area contributed by atoms with Crippen LogP contribution in [0.3, 0.4) is 0 Å². The van der Waals surface area contributed by atoms with Crippen LogP contribution in [0.15, 0.2) is 116 Å². The number of pyridine rings is 1. The summed E-state index contributed by atoms with van der Waals surface area (Å²) in [6, 6.07) is 22.7. The van der Waals surface area contributed by atoms with Crippen molar-refractivity contribution < 1.29 is 28.3 Å². The van der Waals surface area contributed by atoms with Crippen molar-refractivity contribution in [2.24, 2.45) is 5.41 Å². The maximum absolute atomic E-state index is 14.7. The number of amides is 3. The number of aryl methyl sites for hydroxylation is 1. The lowest BCUT2D eigenvalue weighted by molar-refractivity contribution is -0.147. The van der Waals surface area contributed by atoms with Gasteiger partial charge in [0.25, 0.3) is 0 Å². The number of ether oxygens (including phenoxy) is 1. The molecule has 4 atom stereocenters. The molecule has 0 bridgehead atoms. The van der Waals surface area contributed by atoms with E-state index >= 15 is 0 Å². The summed E-state index contributed by atoms with van der Waals surface area (Å²) in [5.74, 6) is -0.358. The third-order valence-electron chi connectivity index (χ3n) is 14.9. The van der Waals surface area contributed by atoms with Crippen LogP contribution in [0.2, 0.25) is 0 Å². The Morgan fingerprint density at radius 3 is 2.49 bits per heavy atom. The van der Waals surface area contributed by atoms with Gasteiger partial charge in [0.2, 0.25) is 23.6 Å². The molecule has 1 aliphatic heterocycles. The predicted octanol–water partition coefficient (Wildman–Crippen LogP) is 10.1. The molecule has 9 rings (SSSR count). The summed E-state index contributed by atoms with van der Waals surface area (Å²) < 4.78 is 23.5. The Hall–Kier alpha value is -7.39. The number of likely N-dealkylation sites (N-methyl/N-ethyl adjacent to an activating group) is 1. The number of nitrogens with zero attached hydrogens (tertiary/aromatic N) is 5. The van der Waals surface area contributed by atoms with Gasteiger partial charge in [-0.25, -0.2) is 14.1 Å². The highest BCUT2D eigenvalue weighted by molar-refractivity contribution is 5.96. The van der Waals surface area contributed by atoms with Crippen LogP contribution < -0.4 is 20.7 Å². The number of H-pyrrole nitrogens is 1. The van der Waals surface area contributed by atoms with Gasteiger partial charge in [0.15, 0.2) is 0 Å². The van der Waals surface area contributed by atoms with Crippen LogP contribution in [0.5, 0.6) is 5.75 Å². The number of hydrogen-bond acceptors (Lipinski definition) is 8. The highest BCUT2D eigenvalue weighted by Crippen LogP contribution is 2.35. The standard InChI is InChI=1S/C60H70FN9O5/c1-39(62-5)57(72)67-55(60(2,3)4)59(74)69-37-45-29-48(24-23-42(45)31-53(69)58(73)66-52-21-15-18-41-17-11-12-20-49(41)52)75-27-13-9-7-6-8-10-22-54(71)70-38-46(33-65-70)44-30-50-51(34-64-56(50)63-32-44)43-25-26-68(36-43)35-40-16-14-19-47(61)28-40/h11-12,14,16-17,19-20,23-26,28-30,32-34,36,38-39,52-53,55,62H,6-10,13,15,18,21-22,27,31,35,37H2,1-5H3,(H,63,64)(H,66,73)(H,67,72)/t39-,52+,53-,55+/m1/s1. The zero-order valence-electron chi connectivity index (χ0n) is 43.8. The van der Waals surface area contributed by atoms with Crippen molar-refractivity contribution in [3.8, 4) is 28.0 Å². The molecule has 0 unspecified atom stereocenters. The van der Waals surface area contributed by atoms with E-state index in [1.807, 2.05) is 86.4 Å². The number of benzene rings is 3. The fourth-order valence-electron chi connectivity index (χ4n) is 10.4. The maximum atomic E-state index is 14.7. The van der Waals surface area contributed by atoms with E-state index in [1.54, 1.807) is 49.6 Å². The first kappa shape index (κ1) is 52.5. The molecule has 4 N–H and O–H groups in total. The van der Waals surface area contributed by atoms with Crippen LogP contribution in [0, 0.1) is 11.2 Å². The summed E-state index contributed by atoms with van der Waals surface area (Å²) in [5.41, 5.74) is 8.98. The van der Waals surface area contributed by atoms with Gasteiger partial charge in [0, 0.05) is 84.6 Å². The second-order valence-corrected chi connectivity index (χ2v) is 21.4. The normalized spacial score (nSPS) is 16.2. The number of rotatable bonds is 20. The minimum atomic E-state index is -0.864. The summed E-state index contributed by atoms with van der Waals surface area (Å²) in [7, 11) is 1.71. The smallest absolute Gasteiger partial charge is 0.246 e. The van der Waals surface area contributed by atoms with Gasteiger partial charge < -0.3 is 35.1 Å². The van der Waals surface area contributed by atoms with E-state index in [0.29, 0.717) is 31.7 Å². The van der Waals surface area contributed by atoms with Crippen molar-refractivity contribution in [3.05, 3.63) is 150 Å². The SMILES string of the molecule is CN[C@H](C)C(=O)N[C@@H](C(=O)N1Cc2cc(OCCCCCCCCC(=O)n3cc(-c4cnc5[nH]cc(-c6ccn(Cc7cccc(F)c7)c6)c5c4)cn3)ccc2C[C@@H]1C(=O)N[C@H]1CCCc2ccccc21)C(C)(C)C. The van der Waals surface area contributed by atoms with Crippen LogP contribution in [-0.2, 0) is 40.3 Å². The molecule has 0 fully saturated rings. The van der Waals surface area contributed by atoms with E-state index < -0.39 is 23.5 Å². The Kier molecular flexibility index (Phi) is 16.4. The Bertz CT molecular complexity index is 3150. The second kappa shape index (κ2) is 23.4. The van der Waals surface area contributed by atoms with Crippen LogP contribution in [0.1, 0.15) is 124 Å². The molecule has 15 heteroatoms. The molecule has 0 saturated heterocycles. The molecule has 7 aromatic rings. The number of fused-ring (bicyclic) bond motifs is 3. The van der Waals surface area contributed by atoms with Crippen LogP contribution in [0.25, 0.3) is 33.3 Å². The molecule has 0 saturated carbocycles. The van der Waals surface area contributed by atoms with Gasteiger partial charge in [0.05, 0.1) is 24.9 Å². The largest absolute Gasteiger partial charge is 0.494 e. The summed E-state index contributed by atoms with van der Waals surface area (Å²) in [5, 5.41) is 14.7. The lowest BCUT2D eigenvalue weighted by Crippen LogP contribution is -2.62. The number of carbonyl (C=O) groups excluding carboxylic acids is 4. The summed E-state index contributed by atoms with van der Waals surface area (Å²) in [6.07, 6.45) is 20.3. The Morgan fingerprint density at radius 1 is 0.867 bits per heavy atom. The number of halogens is 1. The van der Waals surface area contributed by atoms with Crippen molar-refractivity contribution in [1.82, 2.24) is 45.2 Å². The fraction of sp³-hybridized carbons (Fsp3) is 0.400. The quantitative estimate of drug-likeness (QED) is 0.0548. The van der Waals surface area contributed by atoms with E-state index in [0.717, 1.165) is 113 Å². The number of carbonyl (C=O) groups is 4. The fourth-order valence-corrected chi connectivity index (χ4v) is 10.4. The van der Waals surface area contributed by atoms with Gasteiger partial charge in [0.1, 0.15) is 29.3 Å². The second-order valence-electron chi connectivity index (χ2n) is 21.4. The third kappa shape index (κ3) is 12.6. The van der Waals surface area contributed by atoms with E-state index in [2.05, 4.69) is 49.2 Å². The van der Waals surface area contributed by atoms with Crippen molar-refractivity contribution in [2.75, 3.05) is 13.7 Å². The summed E-state index contributed by atoms with van der Waals surface area (Å²) in [4.78, 5) is 65.1. The topological polar surface area (TPSA) is 168 Å². The first-order chi connectivity index (χ1) is 36.2. The van der Waals surface area contributed by atoms with Gasteiger partial charge in [-0.15, -0.1) is 0 Å². The molecule has 2 aliphatic rings. The lowest BCUT2D eigenvalue weighted by atomic mass is 9.83. The van der Waals surface area contributed by atoms with Gasteiger partial charge in [-0.05, 0) is 116 Å². The van der Waals surface area contributed by atoms with Gasteiger partial charge >= 0.3 is 0 Å².